The standard InChI is InChI=1S/C16H26N2O2/c1-3-6-13(7-4-2)16(19)18-10-11-20-15-9-5-8-14(17)12-15/h5,8-9,12-13H,3-4,6-7,10-11,17H2,1-2H3,(H,18,19). The van der Waals surface area contributed by atoms with Gasteiger partial charge in [-0.15, -0.1) is 0 Å². The van der Waals surface area contributed by atoms with Crippen molar-refractivity contribution in [2.24, 2.45) is 5.92 Å². The molecule has 0 aromatic heterocycles. The molecule has 4 nitrogen and oxygen atoms in total. The Balaban J connectivity index is 2.27. The van der Waals surface area contributed by atoms with Gasteiger partial charge < -0.3 is 15.8 Å². The molecule has 0 radical (unpaired) electrons. The third-order valence-corrected chi connectivity index (χ3v) is 3.17. The van der Waals surface area contributed by atoms with Gasteiger partial charge in [-0.25, -0.2) is 0 Å². The monoisotopic (exact) mass is 278 g/mol. The lowest BCUT2D eigenvalue weighted by Gasteiger charge is -2.15. The Bertz CT molecular complexity index is 401. The molecule has 0 aliphatic heterocycles. The van der Waals surface area contributed by atoms with Gasteiger partial charge in [0.1, 0.15) is 12.4 Å². The molecule has 0 spiro atoms. The van der Waals surface area contributed by atoms with Gasteiger partial charge in [-0.3, -0.25) is 4.79 Å². The fraction of sp³-hybridized carbons (Fsp3) is 0.562. The quantitative estimate of drug-likeness (QED) is 0.539. The zero-order valence-electron chi connectivity index (χ0n) is 12.5. The van der Waals surface area contributed by atoms with E-state index in [1.54, 1.807) is 6.07 Å². The highest BCUT2D eigenvalue weighted by Gasteiger charge is 2.15. The number of nitrogen functional groups attached to an aromatic ring is 1. The van der Waals surface area contributed by atoms with Crippen molar-refractivity contribution >= 4 is 11.6 Å². The predicted octanol–water partition coefficient (Wildman–Crippen LogP) is 2.98. The van der Waals surface area contributed by atoms with Crippen LogP contribution in [0.4, 0.5) is 5.69 Å². The molecule has 3 N–H and O–H groups in total. The molecule has 0 saturated heterocycles. The van der Waals surface area contributed by atoms with Gasteiger partial charge in [0.15, 0.2) is 0 Å². The molecule has 1 amide bonds. The van der Waals surface area contributed by atoms with Crippen LogP contribution in [0.3, 0.4) is 0 Å². The number of benzene rings is 1. The maximum Gasteiger partial charge on any atom is 0.223 e. The van der Waals surface area contributed by atoms with Crippen LogP contribution in [0.5, 0.6) is 5.75 Å². The van der Waals surface area contributed by atoms with E-state index < -0.39 is 0 Å². The van der Waals surface area contributed by atoms with Crippen LogP contribution in [0, 0.1) is 5.92 Å². The van der Waals surface area contributed by atoms with Gasteiger partial charge in [-0.2, -0.15) is 0 Å². The van der Waals surface area contributed by atoms with E-state index >= 15 is 0 Å². The summed E-state index contributed by atoms with van der Waals surface area (Å²) in [5.74, 6) is 1.01. The molecule has 20 heavy (non-hydrogen) atoms. The zero-order chi connectivity index (χ0) is 14.8. The van der Waals surface area contributed by atoms with Gasteiger partial charge in [0.2, 0.25) is 5.91 Å². The van der Waals surface area contributed by atoms with Crippen molar-refractivity contribution < 1.29 is 9.53 Å². The third kappa shape index (κ3) is 5.95. The van der Waals surface area contributed by atoms with Crippen molar-refractivity contribution in [3.05, 3.63) is 24.3 Å². The minimum atomic E-state index is 0.136. The van der Waals surface area contributed by atoms with E-state index in [4.69, 9.17) is 10.5 Å². The molecule has 1 aromatic carbocycles. The summed E-state index contributed by atoms with van der Waals surface area (Å²) in [6, 6.07) is 7.30. The van der Waals surface area contributed by atoms with E-state index in [1.807, 2.05) is 18.2 Å². The van der Waals surface area contributed by atoms with Crippen LogP contribution in [0.1, 0.15) is 39.5 Å². The SMILES string of the molecule is CCCC(CCC)C(=O)NCCOc1cccc(N)c1. The summed E-state index contributed by atoms with van der Waals surface area (Å²) in [7, 11) is 0. The van der Waals surface area contributed by atoms with E-state index in [-0.39, 0.29) is 11.8 Å². The Hall–Kier alpha value is -1.71. The summed E-state index contributed by atoms with van der Waals surface area (Å²) < 4.78 is 5.54. The molecule has 0 aliphatic rings. The Morgan fingerprint density at radius 2 is 2.00 bits per heavy atom. The number of nitrogens with one attached hydrogen (secondary N) is 1. The van der Waals surface area contributed by atoms with E-state index in [0.717, 1.165) is 31.4 Å². The second-order valence-electron chi connectivity index (χ2n) is 4.99. The Morgan fingerprint density at radius 1 is 1.30 bits per heavy atom. The van der Waals surface area contributed by atoms with E-state index in [2.05, 4.69) is 19.2 Å². The maximum absolute atomic E-state index is 12.0. The summed E-state index contributed by atoms with van der Waals surface area (Å²) in [6.45, 7) is 5.20. The maximum atomic E-state index is 12.0. The van der Waals surface area contributed by atoms with Crippen molar-refractivity contribution in [1.82, 2.24) is 5.32 Å². The summed E-state index contributed by atoms with van der Waals surface area (Å²) in [4.78, 5) is 12.0. The molecule has 4 heteroatoms. The molecule has 0 bridgehead atoms. The highest BCUT2D eigenvalue weighted by Crippen LogP contribution is 2.15. The van der Waals surface area contributed by atoms with Crippen molar-refractivity contribution in [3.63, 3.8) is 0 Å². The number of rotatable bonds is 9. The first-order valence-corrected chi connectivity index (χ1v) is 7.43. The van der Waals surface area contributed by atoms with Crippen molar-refractivity contribution in [1.29, 1.82) is 0 Å². The molecule has 0 heterocycles. The molecule has 0 atom stereocenters. The van der Waals surface area contributed by atoms with Crippen LogP contribution in [-0.2, 0) is 4.79 Å². The highest BCUT2D eigenvalue weighted by atomic mass is 16.5. The Morgan fingerprint density at radius 3 is 2.60 bits per heavy atom. The van der Waals surface area contributed by atoms with E-state index in [0.29, 0.717) is 18.8 Å². The molecular formula is C16H26N2O2. The Labute approximate surface area is 121 Å². The van der Waals surface area contributed by atoms with Gasteiger partial charge in [0, 0.05) is 17.7 Å². The molecule has 0 saturated carbocycles. The zero-order valence-corrected chi connectivity index (χ0v) is 12.5. The topological polar surface area (TPSA) is 64.3 Å². The number of anilines is 1. The van der Waals surface area contributed by atoms with Gasteiger partial charge in [-0.05, 0) is 25.0 Å². The van der Waals surface area contributed by atoms with Crippen LogP contribution in [0.15, 0.2) is 24.3 Å². The third-order valence-electron chi connectivity index (χ3n) is 3.17. The lowest BCUT2D eigenvalue weighted by atomic mass is 9.97. The fourth-order valence-corrected chi connectivity index (χ4v) is 2.20. The van der Waals surface area contributed by atoms with E-state index in [9.17, 15) is 4.79 Å². The molecule has 0 aliphatic carbocycles. The number of hydrogen-bond donors (Lipinski definition) is 2. The minimum Gasteiger partial charge on any atom is -0.492 e. The fourth-order valence-electron chi connectivity index (χ4n) is 2.20. The highest BCUT2D eigenvalue weighted by molar-refractivity contribution is 5.78. The first kappa shape index (κ1) is 16.3. The number of hydrogen-bond acceptors (Lipinski definition) is 3. The van der Waals surface area contributed by atoms with Crippen LogP contribution < -0.4 is 15.8 Å². The number of nitrogens with two attached hydrogens (primary N) is 1. The number of amides is 1. The summed E-state index contributed by atoms with van der Waals surface area (Å²) in [5, 5.41) is 2.94. The molecular weight excluding hydrogens is 252 g/mol. The minimum absolute atomic E-state index is 0.136. The average Bonchev–Trinajstić information content (AvgIpc) is 2.43. The van der Waals surface area contributed by atoms with Crippen LogP contribution >= 0.6 is 0 Å². The number of carbonyl (C=O) groups excluding carboxylic acids is 1. The van der Waals surface area contributed by atoms with E-state index in [1.165, 1.54) is 0 Å². The van der Waals surface area contributed by atoms with Gasteiger partial charge in [-0.1, -0.05) is 32.8 Å². The normalized spacial score (nSPS) is 10.6. The molecule has 1 aromatic rings. The van der Waals surface area contributed by atoms with Crippen LogP contribution in [0.2, 0.25) is 0 Å². The van der Waals surface area contributed by atoms with Crippen molar-refractivity contribution in [2.45, 2.75) is 39.5 Å². The van der Waals surface area contributed by atoms with Gasteiger partial charge in [0.05, 0.1) is 6.54 Å². The summed E-state index contributed by atoms with van der Waals surface area (Å²) in [6.07, 6.45) is 3.99. The average molecular weight is 278 g/mol. The predicted molar refractivity (Wildman–Crippen MR) is 82.7 cm³/mol. The molecule has 1 rings (SSSR count). The largest absolute Gasteiger partial charge is 0.492 e. The molecule has 0 fully saturated rings. The van der Waals surface area contributed by atoms with Crippen molar-refractivity contribution in [3.8, 4) is 5.75 Å². The smallest absolute Gasteiger partial charge is 0.223 e. The van der Waals surface area contributed by atoms with Crippen molar-refractivity contribution in [2.75, 3.05) is 18.9 Å². The lowest BCUT2D eigenvalue weighted by Crippen LogP contribution is -2.33. The summed E-state index contributed by atoms with van der Waals surface area (Å²) >= 11 is 0. The second-order valence-corrected chi connectivity index (χ2v) is 4.99. The molecule has 0 unspecified atom stereocenters. The number of carbonyl (C=O) groups is 1. The first-order chi connectivity index (χ1) is 9.67. The number of ether oxygens (including phenoxy) is 1. The van der Waals surface area contributed by atoms with Gasteiger partial charge in [0.25, 0.3) is 0 Å². The lowest BCUT2D eigenvalue weighted by molar-refractivity contribution is -0.125. The first-order valence-electron chi connectivity index (χ1n) is 7.43. The second kappa shape index (κ2) is 9.23. The Kier molecular flexibility index (Phi) is 7.55. The van der Waals surface area contributed by atoms with Crippen LogP contribution in [0.25, 0.3) is 0 Å². The van der Waals surface area contributed by atoms with Crippen LogP contribution in [-0.4, -0.2) is 19.1 Å². The summed E-state index contributed by atoms with van der Waals surface area (Å²) in [5.41, 5.74) is 6.35. The van der Waals surface area contributed by atoms with Gasteiger partial charge >= 0.3 is 0 Å². The molecule has 112 valence electrons.